The lowest BCUT2D eigenvalue weighted by Crippen LogP contribution is -2.18. The maximum Gasteiger partial charge on any atom is 0.358 e. The van der Waals surface area contributed by atoms with Crippen LogP contribution in [0, 0.1) is 20.8 Å². The van der Waals surface area contributed by atoms with Crippen molar-refractivity contribution in [1.82, 2.24) is 33.5 Å². The highest BCUT2D eigenvalue weighted by Crippen LogP contribution is 2.21. The molecule has 3 heterocycles. The van der Waals surface area contributed by atoms with Gasteiger partial charge in [0, 0.05) is 7.05 Å². The molecular weight excluding hydrogens is 372 g/mol. The van der Waals surface area contributed by atoms with Gasteiger partial charge in [-0.25, -0.2) is 9.48 Å². The average Bonchev–Trinajstić information content (AvgIpc) is 3.27. The number of aromatic nitrogens is 7. The van der Waals surface area contributed by atoms with Crippen LogP contribution in [0.25, 0.3) is 0 Å². The molecular formula is C15H18N8O3S. The molecule has 0 aromatic carbocycles. The van der Waals surface area contributed by atoms with Crippen molar-refractivity contribution in [3.8, 4) is 0 Å². The van der Waals surface area contributed by atoms with Crippen LogP contribution < -0.4 is 5.32 Å². The van der Waals surface area contributed by atoms with Gasteiger partial charge in [-0.15, -0.1) is 5.10 Å². The Morgan fingerprint density at radius 1 is 1.19 bits per heavy atom. The van der Waals surface area contributed by atoms with E-state index in [2.05, 4.69) is 29.5 Å². The van der Waals surface area contributed by atoms with Crippen LogP contribution in [0.5, 0.6) is 0 Å². The minimum absolute atomic E-state index is 0.148. The molecule has 0 aliphatic carbocycles. The molecule has 0 aliphatic heterocycles. The second-order valence-corrected chi connectivity index (χ2v) is 6.38. The summed E-state index contributed by atoms with van der Waals surface area (Å²) in [6.07, 6.45) is 0. The van der Waals surface area contributed by atoms with Crippen LogP contribution in [-0.2, 0) is 18.3 Å². The third-order valence-electron chi connectivity index (χ3n) is 4.08. The van der Waals surface area contributed by atoms with Crippen molar-refractivity contribution in [2.24, 2.45) is 7.05 Å². The number of nitrogens with one attached hydrogen (secondary N) is 1. The summed E-state index contributed by atoms with van der Waals surface area (Å²) in [6.45, 7) is 5.65. The summed E-state index contributed by atoms with van der Waals surface area (Å²) >= 11 is 1.12. The van der Waals surface area contributed by atoms with Crippen LogP contribution in [0.3, 0.4) is 0 Å². The fraction of sp³-hybridized carbons (Fsp3) is 0.400. The summed E-state index contributed by atoms with van der Waals surface area (Å²) in [5.74, 6) is -1.09. The Bertz CT molecular complexity index is 1020. The molecule has 11 nitrogen and oxygen atoms in total. The zero-order valence-corrected chi connectivity index (χ0v) is 16.3. The highest BCUT2D eigenvalue weighted by atomic mass is 32.1. The zero-order chi connectivity index (χ0) is 19.7. The van der Waals surface area contributed by atoms with E-state index in [-0.39, 0.29) is 17.1 Å². The normalized spacial score (nSPS) is 10.9. The van der Waals surface area contributed by atoms with Crippen molar-refractivity contribution < 1.29 is 14.3 Å². The summed E-state index contributed by atoms with van der Waals surface area (Å²) in [4.78, 5) is 24.7. The fourth-order valence-corrected chi connectivity index (χ4v) is 3.12. The van der Waals surface area contributed by atoms with Crippen molar-refractivity contribution >= 4 is 29.3 Å². The minimum atomic E-state index is -0.597. The second-order valence-electron chi connectivity index (χ2n) is 5.86. The summed E-state index contributed by atoms with van der Waals surface area (Å²) in [6, 6.07) is 0. The lowest BCUT2D eigenvalue weighted by molar-refractivity contribution is 0.0589. The Morgan fingerprint density at radius 2 is 1.93 bits per heavy atom. The van der Waals surface area contributed by atoms with Gasteiger partial charge >= 0.3 is 5.97 Å². The Balaban J connectivity index is 1.86. The molecule has 0 saturated carbocycles. The molecule has 0 radical (unpaired) electrons. The van der Waals surface area contributed by atoms with Crippen LogP contribution in [-0.4, -0.2) is 52.5 Å². The van der Waals surface area contributed by atoms with E-state index in [1.54, 1.807) is 25.6 Å². The first-order chi connectivity index (χ1) is 12.8. The molecule has 0 unspecified atom stereocenters. The zero-order valence-electron chi connectivity index (χ0n) is 15.5. The summed E-state index contributed by atoms with van der Waals surface area (Å²) in [5, 5.41) is 14.8. The van der Waals surface area contributed by atoms with Gasteiger partial charge in [-0.1, -0.05) is 5.21 Å². The number of ether oxygens (including phenoxy) is 1. The van der Waals surface area contributed by atoms with Crippen LogP contribution in [0.4, 0.5) is 5.69 Å². The van der Waals surface area contributed by atoms with E-state index < -0.39 is 11.9 Å². The number of carbonyl (C=O) groups excluding carboxylic acids is 2. The number of rotatable bonds is 5. The molecule has 12 heteroatoms. The van der Waals surface area contributed by atoms with E-state index in [9.17, 15) is 9.59 Å². The first kappa shape index (κ1) is 18.6. The highest BCUT2D eigenvalue weighted by Gasteiger charge is 2.25. The molecule has 3 aromatic heterocycles. The molecule has 0 atom stereocenters. The maximum atomic E-state index is 12.7. The topological polar surface area (TPSA) is 130 Å². The van der Waals surface area contributed by atoms with E-state index in [0.717, 1.165) is 23.1 Å². The smallest absolute Gasteiger partial charge is 0.358 e. The van der Waals surface area contributed by atoms with Gasteiger partial charge in [0.05, 0.1) is 53.8 Å². The van der Waals surface area contributed by atoms with Gasteiger partial charge in [0.1, 0.15) is 0 Å². The number of esters is 1. The van der Waals surface area contributed by atoms with Gasteiger partial charge in [0.15, 0.2) is 11.4 Å². The average molecular weight is 390 g/mol. The number of carbonyl (C=O) groups is 2. The molecule has 0 aliphatic rings. The first-order valence-electron chi connectivity index (χ1n) is 7.94. The quantitative estimate of drug-likeness (QED) is 0.635. The van der Waals surface area contributed by atoms with Gasteiger partial charge in [0.2, 0.25) is 0 Å². The summed E-state index contributed by atoms with van der Waals surface area (Å²) in [7, 11) is 2.86. The van der Waals surface area contributed by atoms with Crippen molar-refractivity contribution in [3.63, 3.8) is 0 Å². The highest BCUT2D eigenvalue weighted by molar-refractivity contribution is 6.99. The molecule has 142 valence electrons. The van der Waals surface area contributed by atoms with Crippen molar-refractivity contribution in [2.45, 2.75) is 27.3 Å². The number of nitrogens with zero attached hydrogens (tertiary/aromatic N) is 7. The monoisotopic (exact) mass is 390 g/mol. The van der Waals surface area contributed by atoms with E-state index >= 15 is 0 Å². The molecule has 1 N–H and O–H groups in total. The lowest BCUT2D eigenvalue weighted by Gasteiger charge is -2.06. The molecule has 3 aromatic rings. The van der Waals surface area contributed by atoms with Gasteiger partial charge in [-0.2, -0.15) is 13.8 Å². The van der Waals surface area contributed by atoms with Gasteiger partial charge < -0.3 is 10.1 Å². The van der Waals surface area contributed by atoms with Crippen LogP contribution in [0.1, 0.15) is 43.8 Å². The van der Waals surface area contributed by atoms with Crippen molar-refractivity contribution in [2.75, 3.05) is 12.4 Å². The molecule has 0 spiro atoms. The largest absolute Gasteiger partial charge is 0.464 e. The third kappa shape index (κ3) is 3.43. The van der Waals surface area contributed by atoms with Gasteiger partial charge in [0.25, 0.3) is 5.91 Å². The number of hydrogen-bond donors (Lipinski definition) is 1. The third-order valence-corrected chi connectivity index (χ3v) is 4.74. The molecule has 0 fully saturated rings. The predicted octanol–water partition coefficient (Wildman–Crippen LogP) is 0.876. The number of anilines is 1. The standard InChI is InChI=1S/C15H18N8O3S/c1-7-10(20-27-19-7)6-23-9(3)12(17-21-23)14(24)16-11-8(2)18-22(4)13(11)15(25)26-5/h6H2,1-5H3,(H,16,24). The Labute approximate surface area is 158 Å². The molecule has 1 amide bonds. The molecule has 0 saturated heterocycles. The first-order valence-corrected chi connectivity index (χ1v) is 8.67. The van der Waals surface area contributed by atoms with E-state index in [4.69, 9.17) is 4.74 Å². The van der Waals surface area contributed by atoms with E-state index in [0.29, 0.717) is 17.9 Å². The summed E-state index contributed by atoms with van der Waals surface area (Å²) < 4.78 is 16.0. The number of hydrogen-bond acceptors (Lipinski definition) is 9. The van der Waals surface area contributed by atoms with Gasteiger partial charge in [-0.05, 0) is 20.8 Å². The molecule has 27 heavy (non-hydrogen) atoms. The SMILES string of the molecule is COC(=O)c1c(NC(=O)c2nnn(Cc3nsnc3C)c2C)c(C)nn1C. The Morgan fingerprint density at radius 3 is 2.56 bits per heavy atom. The Kier molecular flexibility index (Phi) is 4.99. The van der Waals surface area contributed by atoms with Crippen LogP contribution in [0.15, 0.2) is 0 Å². The van der Waals surface area contributed by atoms with Crippen LogP contribution in [0.2, 0.25) is 0 Å². The number of methoxy groups -OCH3 is 1. The van der Waals surface area contributed by atoms with Gasteiger partial charge in [-0.3, -0.25) is 9.48 Å². The van der Waals surface area contributed by atoms with E-state index in [1.165, 1.54) is 11.8 Å². The maximum absolute atomic E-state index is 12.7. The second kappa shape index (κ2) is 7.23. The number of aryl methyl sites for hydroxylation is 3. The Hall–Kier alpha value is -3.15. The lowest BCUT2D eigenvalue weighted by atomic mass is 10.2. The minimum Gasteiger partial charge on any atom is -0.464 e. The molecule has 0 bridgehead atoms. The molecule has 3 rings (SSSR count). The number of amides is 1. The van der Waals surface area contributed by atoms with Crippen LogP contribution >= 0.6 is 11.7 Å². The van der Waals surface area contributed by atoms with Crippen molar-refractivity contribution in [1.29, 1.82) is 0 Å². The van der Waals surface area contributed by atoms with E-state index in [1.807, 2.05) is 6.92 Å². The fourth-order valence-electron chi connectivity index (χ4n) is 2.57. The predicted molar refractivity (Wildman–Crippen MR) is 95.7 cm³/mol. The summed E-state index contributed by atoms with van der Waals surface area (Å²) in [5.41, 5.74) is 3.22. The van der Waals surface area contributed by atoms with Crippen molar-refractivity contribution in [3.05, 3.63) is 34.2 Å².